The van der Waals surface area contributed by atoms with Gasteiger partial charge in [-0.25, -0.2) is 4.79 Å². The zero-order chi connectivity index (χ0) is 18.7. The Bertz CT molecular complexity index is 702. The molecule has 0 N–H and O–H groups in total. The Hall–Kier alpha value is -1.54. The molecule has 3 rings (SSSR count). The van der Waals surface area contributed by atoms with Crippen molar-refractivity contribution in [3.05, 3.63) is 21.4 Å². The van der Waals surface area contributed by atoms with Gasteiger partial charge in [-0.2, -0.15) is 0 Å². The van der Waals surface area contributed by atoms with Gasteiger partial charge in [0.05, 0.1) is 7.11 Å². The van der Waals surface area contributed by atoms with E-state index in [0.29, 0.717) is 29.6 Å². The molecule has 1 saturated heterocycles. The molecule has 26 heavy (non-hydrogen) atoms. The van der Waals surface area contributed by atoms with E-state index < -0.39 is 5.97 Å². The van der Waals surface area contributed by atoms with Crippen LogP contribution in [0.5, 0.6) is 0 Å². The maximum absolute atomic E-state index is 12.3. The standard InChI is InChI=1S/C18H23NO5S2/c1-11-3-4-13-12(7-11)8-14(26-13)18(22)24-10-16(20)19-5-6-25-15(9-19)17(21)23-2/h8,11,15H,3-7,9-10H2,1-2H3/t11-,15+/m0/s1. The van der Waals surface area contributed by atoms with Crippen LogP contribution in [0, 0.1) is 5.92 Å². The van der Waals surface area contributed by atoms with Gasteiger partial charge in [0.2, 0.25) is 0 Å². The molecule has 1 aliphatic carbocycles. The Balaban J connectivity index is 1.53. The van der Waals surface area contributed by atoms with E-state index in [9.17, 15) is 14.4 Å². The number of methoxy groups -OCH3 is 1. The van der Waals surface area contributed by atoms with Crippen molar-refractivity contribution in [3.8, 4) is 0 Å². The molecule has 6 nitrogen and oxygen atoms in total. The zero-order valence-electron chi connectivity index (χ0n) is 15.0. The maximum atomic E-state index is 12.3. The Morgan fingerprint density at radius 3 is 2.92 bits per heavy atom. The number of esters is 2. The fourth-order valence-corrected chi connectivity index (χ4v) is 5.48. The summed E-state index contributed by atoms with van der Waals surface area (Å²) in [4.78, 5) is 39.6. The third kappa shape index (κ3) is 4.40. The van der Waals surface area contributed by atoms with Gasteiger partial charge in [-0.1, -0.05) is 6.92 Å². The van der Waals surface area contributed by atoms with E-state index in [-0.39, 0.29) is 23.7 Å². The number of amides is 1. The van der Waals surface area contributed by atoms with Crippen LogP contribution in [0.4, 0.5) is 0 Å². The first-order valence-electron chi connectivity index (χ1n) is 8.74. The lowest BCUT2D eigenvalue weighted by molar-refractivity contribution is -0.141. The van der Waals surface area contributed by atoms with E-state index in [0.717, 1.165) is 19.3 Å². The fraction of sp³-hybridized carbons (Fsp3) is 0.611. The summed E-state index contributed by atoms with van der Waals surface area (Å²) in [5, 5.41) is -0.376. The van der Waals surface area contributed by atoms with Crippen molar-refractivity contribution in [3.63, 3.8) is 0 Å². The number of fused-ring (bicyclic) bond motifs is 1. The summed E-state index contributed by atoms with van der Waals surface area (Å²) in [6, 6.07) is 1.91. The molecule has 0 aromatic carbocycles. The Morgan fingerprint density at radius 2 is 2.15 bits per heavy atom. The number of thiophene rings is 1. The van der Waals surface area contributed by atoms with Crippen LogP contribution in [0.2, 0.25) is 0 Å². The first-order valence-corrected chi connectivity index (χ1v) is 10.6. The summed E-state index contributed by atoms with van der Waals surface area (Å²) in [7, 11) is 1.34. The Labute approximate surface area is 161 Å². The molecule has 2 atom stereocenters. The second-order valence-corrected chi connectivity index (χ2v) is 9.15. The predicted octanol–water partition coefficient (Wildman–Crippen LogP) is 2.15. The number of carbonyl (C=O) groups excluding carboxylic acids is 3. The molecule has 0 saturated carbocycles. The van der Waals surface area contributed by atoms with Gasteiger partial charge in [0.1, 0.15) is 10.1 Å². The molecular formula is C18H23NO5S2. The molecule has 0 radical (unpaired) electrons. The largest absolute Gasteiger partial charge is 0.468 e. The van der Waals surface area contributed by atoms with Crippen molar-refractivity contribution in [2.24, 2.45) is 5.92 Å². The van der Waals surface area contributed by atoms with Gasteiger partial charge in [0, 0.05) is 23.7 Å². The van der Waals surface area contributed by atoms with Crippen LogP contribution in [-0.2, 0) is 31.9 Å². The van der Waals surface area contributed by atoms with Crippen molar-refractivity contribution >= 4 is 40.9 Å². The third-order valence-corrected chi connectivity index (χ3v) is 7.12. The number of nitrogens with zero attached hydrogens (tertiary/aromatic N) is 1. The van der Waals surface area contributed by atoms with Crippen LogP contribution in [0.1, 0.15) is 33.5 Å². The normalized spacial score (nSPS) is 22.5. The van der Waals surface area contributed by atoms with Crippen molar-refractivity contribution in [2.75, 3.05) is 32.6 Å². The van der Waals surface area contributed by atoms with Gasteiger partial charge >= 0.3 is 11.9 Å². The number of ether oxygens (including phenoxy) is 2. The van der Waals surface area contributed by atoms with Crippen LogP contribution in [0.15, 0.2) is 6.07 Å². The minimum atomic E-state index is -0.443. The molecule has 1 aromatic heterocycles. The average molecular weight is 398 g/mol. The number of aryl methyl sites for hydroxylation is 1. The predicted molar refractivity (Wildman–Crippen MR) is 101 cm³/mol. The van der Waals surface area contributed by atoms with Gasteiger partial charge in [-0.15, -0.1) is 23.1 Å². The highest BCUT2D eigenvalue weighted by atomic mass is 32.2. The van der Waals surface area contributed by atoms with Gasteiger partial charge in [0.15, 0.2) is 6.61 Å². The average Bonchev–Trinajstić information content (AvgIpc) is 3.08. The van der Waals surface area contributed by atoms with Crippen LogP contribution >= 0.6 is 23.1 Å². The molecule has 142 valence electrons. The lowest BCUT2D eigenvalue weighted by Gasteiger charge is -2.30. The van der Waals surface area contributed by atoms with Crippen molar-refractivity contribution in [1.29, 1.82) is 0 Å². The summed E-state index contributed by atoms with van der Waals surface area (Å²) in [5.74, 6) is 0.254. The molecule has 0 spiro atoms. The molecule has 0 unspecified atom stereocenters. The third-order valence-electron chi connectivity index (χ3n) is 4.74. The molecule has 1 amide bonds. The maximum Gasteiger partial charge on any atom is 0.348 e. The summed E-state index contributed by atoms with van der Waals surface area (Å²) in [6.07, 6.45) is 3.15. The summed E-state index contributed by atoms with van der Waals surface area (Å²) in [6.45, 7) is 2.75. The van der Waals surface area contributed by atoms with Crippen LogP contribution in [0.25, 0.3) is 0 Å². The van der Waals surface area contributed by atoms with Crippen LogP contribution in [0.3, 0.4) is 0 Å². The summed E-state index contributed by atoms with van der Waals surface area (Å²) >= 11 is 2.96. The second kappa shape index (κ2) is 8.43. The topological polar surface area (TPSA) is 72.9 Å². The molecule has 1 fully saturated rings. The highest BCUT2D eigenvalue weighted by Gasteiger charge is 2.30. The first kappa shape index (κ1) is 19.2. The van der Waals surface area contributed by atoms with E-state index in [1.165, 1.54) is 40.6 Å². The minimum absolute atomic E-state index is 0.275. The SMILES string of the molecule is COC(=O)[C@H]1CN(C(=O)COC(=O)c2cc3c(s2)CC[C@H](C)C3)CCS1. The number of rotatable bonds is 4. The smallest absolute Gasteiger partial charge is 0.348 e. The molecule has 2 aliphatic rings. The molecule has 1 aliphatic heterocycles. The second-order valence-electron chi connectivity index (χ2n) is 6.71. The summed E-state index contributed by atoms with van der Waals surface area (Å²) < 4.78 is 9.97. The van der Waals surface area contributed by atoms with Crippen molar-refractivity contribution in [1.82, 2.24) is 4.90 Å². The van der Waals surface area contributed by atoms with E-state index in [1.54, 1.807) is 4.90 Å². The lowest BCUT2D eigenvalue weighted by Crippen LogP contribution is -2.46. The van der Waals surface area contributed by atoms with E-state index in [4.69, 9.17) is 9.47 Å². The van der Waals surface area contributed by atoms with Gasteiger partial charge < -0.3 is 14.4 Å². The monoisotopic (exact) mass is 397 g/mol. The zero-order valence-corrected chi connectivity index (χ0v) is 16.6. The Morgan fingerprint density at radius 1 is 1.35 bits per heavy atom. The number of thioether (sulfide) groups is 1. The summed E-state index contributed by atoms with van der Waals surface area (Å²) in [5.41, 5.74) is 1.24. The molecular weight excluding hydrogens is 374 g/mol. The number of carbonyl (C=O) groups is 3. The van der Waals surface area contributed by atoms with Gasteiger partial charge in [0.25, 0.3) is 5.91 Å². The minimum Gasteiger partial charge on any atom is -0.468 e. The molecule has 8 heteroatoms. The molecule has 1 aromatic rings. The van der Waals surface area contributed by atoms with Gasteiger partial charge in [-0.05, 0) is 36.8 Å². The molecule has 0 bridgehead atoms. The number of hydrogen-bond donors (Lipinski definition) is 0. The van der Waals surface area contributed by atoms with E-state index >= 15 is 0 Å². The van der Waals surface area contributed by atoms with Crippen molar-refractivity contribution < 1.29 is 23.9 Å². The molecule has 2 heterocycles. The quantitative estimate of drug-likeness (QED) is 0.725. The first-order chi connectivity index (χ1) is 12.5. The highest BCUT2D eigenvalue weighted by Crippen LogP contribution is 2.32. The van der Waals surface area contributed by atoms with E-state index in [2.05, 4.69) is 6.92 Å². The van der Waals surface area contributed by atoms with E-state index in [1.807, 2.05) is 6.07 Å². The Kier molecular flexibility index (Phi) is 6.24. The van der Waals surface area contributed by atoms with Crippen LogP contribution in [-0.4, -0.2) is 60.6 Å². The highest BCUT2D eigenvalue weighted by molar-refractivity contribution is 8.00. The fourth-order valence-electron chi connectivity index (χ4n) is 3.25. The van der Waals surface area contributed by atoms with Crippen molar-refractivity contribution in [2.45, 2.75) is 31.4 Å². The van der Waals surface area contributed by atoms with Crippen LogP contribution < -0.4 is 0 Å². The number of hydrogen-bond acceptors (Lipinski definition) is 7. The van der Waals surface area contributed by atoms with Gasteiger partial charge in [-0.3, -0.25) is 9.59 Å². The lowest BCUT2D eigenvalue weighted by atomic mass is 9.90.